The summed E-state index contributed by atoms with van der Waals surface area (Å²) in [6, 6.07) is 4.35. The number of hydrogen-bond donors (Lipinski definition) is 1. The molecule has 2 fully saturated rings. The molecule has 1 aliphatic heterocycles. The van der Waals surface area contributed by atoms with Gasteiger partial charge in [0, 0.05) is 32.2 Å². The van der Waals surface area contributed by atoms with Gasteiger partial charge in [-0.1, -0.05) is 36.6 Å². The molecule has 1 aromatic rings. The van der Waals surface area contributed by atoms with Gasteiger partial charge in [-0.15, -0.1) is 12.4 Å². The van der Waals surface area contributed by atoms with Gasteiger partial charge in [-0.25, -0.2) is 0 Å². The molecule has 136 valence electrons. The Balaban J connectivity index is 0.00000208. The molecule has 1 aromatic carbocycles. The van der Waals surface area contributed by atoms with Crippen molar-refractivity contribution in [1.29, 1.82) is 0 Å². The van der Waals surface area contributed by atoms with Crippen molar-refractivity contribution in [3.8, 4) is 0 Å². The van der Waals surface area contributed by atoms with Crippen molar-refractivity contribution in [2.45, 2.75) is 37.9 Å². The minimum atomic E-state index is -4.41. The van der Waals surface area contributed by atoms with Gasteiger partial charge in [-0.2, -0.15) is 13.2 Å². The lowest BCUT2D eigenvalue weighted by Crippen LogP contribution is -2.46. The van der Waals surface area contributed by atoms with E-state index in [9.17, 15) is 13.2 Å². The van der Waals surface area contributed by atoms with Crippen LogP contribution in [0, 0.1) is 5.92 Å². The number of halogens is 5. The highest BCUT2D eigenvalue weighted by atomic mass is 35.5. The zero-order valence-corrected chi connectivity index (χ0v) is 15.0. The van der Waals surface area contributed by atoms with E-state index in [2.05, 4.69) is 10.2 Å². The summed E-state index contributed by atoms with van der Waals surface area (Å²) < 4.78 is 39.6. The van der Waals surface area contributed by atoms with Gasteiger partial charge in [0.15, 0.2) is 0 Å². The van der Waals surface area contributed by atoms with Gasteiger partial charge in [0.05, 0.1) is 10.6 Å². The molecule has 1 N–H and O–H groups in total. The third-order valence-electron chi connectivity index (χ3n) is 5.04. The van der Waals surface area contributed by atoms with Crippen molar-refractivity contribution in [1.82, 2.24) is 10.2 Å². The Labute approximate surface area is 152 Å². The van der Waals surface area contributed by atoms with Crippen molar-refractivity contribution in [2.24, 2.45) is 5.92 Å². The first-order valence-electron chi connectivity index (χ1n) is 8.29. The van der Waals surface area contributed by atoms with Gasteiger partial charge in [-0.05, 0) is 30.4 Å². The van der Waals surface area contributed by atoms with Gasteiger partial charge >= 0.3 is 6.18 Å². The third-order valence-corrected chi connectivity index (χ3v) is 5.47. The maximum Gasteiger partial charge on any atom is 0.417 e. The Morgan fingerprint density at radius 1 is 1.12 bits per heavy atom. The van der Waals surface area contributed by atoms with Crippen LogP contribution in [0.4, 0.5) is 13.2 Å². The summed E-state index contributed by atoms with van der Waals surface area (Å²) in [6.07, 6.45) is 0.0484. The summed E-state index contributed by atoms with van der Waals surface area (Å²) in [6.45, 7) is 3.46. The lowest BCUT2D eigenvalue weighted by Gasteiger charge is -2.39. The standard InChI is InChI=1S/C17H22ClF3N2.ClH/c18-15-13(6-3-7-14(15)17(19,20)21)16(12-4-1-2-5-12)23-10-8-22-9-11-23;/h3,6-7,12,16,22H,1-2,4-5,8-11H2;1H/t16-;/m1./s1. The van der Waals surface area contributed by atoms with E-state index >= 15 is 0 Å². The third kappa shape index (κ3) is 4.18. The van der Waals surface area contributed by atoms with Crippen molar-refractivity contribution in [3.05, 3.63) is 34.3 Å². The quantitative estimate of drug-likeness (QED) is 0.797. The van der Waals surface area contributed by atoms with Crippen LogP contribution >= 0.6 is 24.0 Å². The monoisotopic (exact) mass is 382 g/mol. The lowest BCUT2D eigenvalue weighted by atomic mass is 9.88. The van der Waals surface area contributed by atoms with Gasteiger partial charge in [0.25, 0.3) is 0 Å². The van der Waals surface area contributed by atoms with Crippen molar-refractivity contribution >= 4 is 24.0 Å². The second kappa shape index (κ2) is 8.26. The Hall–Kier alpha value is -0.490. The molecular weight excluding hydrogens is 360 g/mol. The summed E-state index contributed by atoms with van der Waals surface area (Å²) in [5.41, 5.74) is -0.0647. The first-order chi connectivity index (χ1) is 11.0. The van der Waals surface area contributed by atoms with Crippen LogP contribution in [0.15, 0.2) is 18.2 Å². The Morgan fingerprint density at radius 2 is 1.75 bits per heavy atom. The van der Waals surface area contributed by atoms with E-state index in [-0.39, 0.29) is 23.5 Å². The number of alkyl halides is 3. The van der Waals surface area contributed by atoms with E-state index in [0.717, 1.165) is 57.9 Å². The summed E-state index contributed by atoms with van der Waals surface area (Å²) in [7, 11) is 0. The number of piperazine rings is 1. The molecule has 0 bridgehead atoms. The summed E-state index contributed by atoms with van der Waals surface area (Å²) >= 11 is 6.22. The Morgan fingerprint density at radius 3 is 2.33 bits per heavy atom. The fourth-order valence-corrected chi connectivity index (χ4v) is 4.32. The molecule has 7 heteroatoms. The largest absolute Gasteiger partial charge is 0.417 e. The average Bonchev–Trinajstić information content (AvgIpc) is 3.03. The van der Waals surface area contributed by atoms with E-state index in [1.807, 2.05) is 0 Å². The second-order valence-corrected chi connectivity index (χ2v) is 6.86. The molecule has 0 unspecified atom stereocenters. The summed E-state index contributed by atoms with van der Waals surface area (Å²) in [4.78, 5) is 2.31. The minimum Gasteiger partial charge on any atom is -0.314 e. The van der Waals surface area contributed by atoms with E-state index < -0.39 is 11.7 Å². The molecule has 1 heterocycles. The number of nitrogens with one attached hydrogen (secondary N) is 1. The second-order valence-electron chi connectivity index (χ2n) is 6.48. The number of rotatable bonds is 3. The van der Waals surface area contributed by atoms with Gasteiger partial charge in [0.2, 0.25) is 0 Å². The smallest absolute Gasteiger partial charge is 0.314 e. The number of nitrogens with zero attached hydrogens (tertiary/aromatic N) is 1. The van der Waals surface area contributed by atoms with Crippen LogP contribution in [0.2, 0.25) is 5.02 Å². The van der Waals surface area contributed by atoms with Crippen molar-refractivity contribution < 1.29 is 13.2 Å². The first kappa shape index (κ1) is 19.8. The predicted molar refractivity (Wildman–Crippen MR) is 92.8 cm³/mol. The SMILES string of the molecule is Cl.FC(F)(F)c1cccc([C@@H](C2CCCC2)N2CCNCC2)c1Cl. The van der Waals surface area contributed by atoms with Gasteiger partial charge in [-0.3, -0.25) is 4.90 Å². The van der Waals surface area contributed by atoms with Crippen LogP contribution < -0.4 is 5.32 Å². The molecule has 1 saturated heterocycles. The van der Waals surface area contributed by atoms with Crippen LogP contribution in [0.25, 0.3) is 0 Å². The number of benzene rings is 1. The van der Waals surface area contributed by atoms with E-state index in [1.54, 1.807) is 6.07 Å². The lowest BCUT2D eigenvalue weighted by molar-refractivity contribution is -0.137. The predicted octanol–water partition coefficient (Wildman–Crippen LogP) is 4.92. The molecule has 2 nitrogen and oxygen atoms in total. The molecule has 1 saturated carbocycles. The Bertz CT molecular complexity index is 539. The van der Waals surface area contributed by atoms with Crippen LogP contribution in [0.1, 0.15) is 42.9 Å². The average molecular weight is 383 g/mol. The molecule has 1 atom stereocenters. The molecule has 1 aliphatic carbocycles. The van der Waals surface area contributed by atoms with Crippen LogP contribution in [0.3, 0.4) is 0 Å². The molecule has 2 aliphatic rings. The van der Waals surface area contributed by atoms with Crippen molar-refractivity contribution in [2.75, 3.05) is 26.2 Å². The van der Waals surface area contributed by atoms with Gasteiger partial charge in [0.1, 0.15) is 0 Å². The summed E-state index contributed by atoms with van der Waals surface area (Å²) in [5, 5.41) is 3.19. The fourth-order valence-electron chi connectivity index (χ4n) is 3.98. The first-order valence-corrected chi connectivity index (χ1v) is 8.66. The van der Waals surface area contributed by atoms with E-state index in [0.29, 0.717) is 11.5 Å². The molecule has 0 spiro atoms. The maximum absolute atomic E-state index is 13.2. The highest BCUT2D eigenvalue weighted by molar-refractivity contribution is 6.32. The molecule has 0 aromatic heterocycles. The van der Waals surface area contributed by atoms with E-state index in [1.165, 1.54) is 6.07 Å². The fraction of sp³-hybridized carbons (Fsp3) is 0.647. The highest BCUT2D eigenvalue weighted by Gasteiger charge is 2.38. The minimum absolute atomic E-state index is 0. The zero-order chi connectivity index (χ0) is 16.4. The maximum atomic E-state index is 13.2. The Kier molecular flexibility index (Phi) is 6.82. The molecule has 0 radical (unpaired) electrons. The van der Waals surface area contributed by atoms with Gasteiger partial charge < -0.3 is 5.32 Å². The molecule has 0 amide bonds. The molecule has 3 rings (SSSR count). The van der Waals surface area contributed by atoms with E-state index in [4.69, 9.17) is 11.6 Å². The zero-order valence-electron chi connectivity index (χ0n) is 13.4. The normalized spacial score (nSPS) is 21.5. The van der Waals surface area contributed by atoms with Crippen LogP contribution in [-0.2, 0) is 6.18 Å². The van der Waals surface area contributed by atoms with Crippen LogP contribution in [0.5, 0.6) is 0 Å². The topological polar surface area (TPSA) is 15.3 Å². The highest BCUT2D eigenvalue weighted by Crippen LogP contribution is 2.45. The van der Waals surface area contributed by atoms with Crippen LogP contribution in [-0.4, -0.2) is 31.1 Å². The molecular formula is C17H23Cl2F3N2. The van der Waals surface area contributed by atoms with Crippen molar-refractivity contribution in [3.63, 3.8) is 0 Å². The molecule has 24 heavy (non-hydrogen) atoms. The number of hydrogen-bond acceptors (Lipinski definition) is 2. The summed E-state index contributed by atoms with van der Waals surface area (Å²) in [5.74, 6) is 0.397.